The lowest BCUT2D eigenvalue weighted by Gasteiger charge is -2.11. The summed E-state index contributed by atoms with van der Waals surface area (Å²) < 4.78 is 11.6. The van der Waals surface area contributed by atoms with Crippen molar-refractivity contribution in [3.05, 3.63) is 70.3 Å². The molecule has 0 heterocycles. The van der Waals surface area contributed by atoms with Crippen LogP contribution in [0.4, 0.5) is 0 Å². The molecule has 0 amide bonds. The van der Waals surface area contributed by atoms with Gasteiger partial charge in [-0.2, -0.15) is 5.26 Å². The molecule has 2 aromatic carbocycles. The number of allylic oxidation sites excluding steroid dienone is 2. The van der Waals surface area contributed by atoms with E-state index in [1.165, 1.54) is 0 Å². The number of nitrogens with zero attached hydrogens (tertiary/aromatic N) is 1. The first-order valence-electron chi connectivity index (χ1n) is 8.47. The van der Waals surface area contributed by atoms with Crippen molar-refractivity contribution in [3.8, 4) is 6.07 Å². The van der Waals surface area contributed by atoms with Crippen LogP contribution in [0.15, 0.2) is 52.9 Å². The summed E-state index contributed by atoms with van der Waals surface area (Å²) >= 11 is -1.03. The number of fused-ring (bicyclic) bond motifs is 1. The zero-order valence-electron chi connectivity index (χ0n) is 15.3. The Bertz CT molecular complexity index is 1010. The van der Waals surface area contributed by atoms with Gasteiger partial charge in [-0.3, -0.25) is 4.79 Å². The quantitative estimate of drug-likeness (QED) is 0.803. The Kier molecular flexibility index (Phi) is 5.22. The highest BCUT2D eigenvalue weighted by molar-refractivity contribution is 7.90. The Labute approximate surface area is 161 Å². The summed E-state index contributed by atoms with van der Waals surface area (Å²) in [5, 5.41) is 18.7. The number of nitriles is 1. The van der Waals surface area contributed by atoms with E-state index < -0.39 is 23.1 Å². The summed E-state index contributed by atoms with van der Waals surface area (Å²) in [5.41, 5.74) is 5.77. The molecule has 2 aromatic rings. The number of rotatable bonds is 4. The van der Waals surface area contributed by atoms with Crippen molar-refractivity contribution in [2.45, 2.75) is 18.7 Å². The molecular formula is C22H19NO3S. The Morgan fingerprint density at radius 3 is 2.44 bits per heavy atom. The molecule has 27 heavy (non-hydrogen) atoms. The van der Waals surface area contributed by atoms with E-state index in [0.29, 0.717) is 5.56 Å². The summed E-state index contributed by atoms with van der Waals surface area (Å²) in [6, 6.07) is 15.0. The van der Waals surface area contributed by atoms with E-state index in [-0.39, 0.29) is 0 Å². The van der Waals surface area contributed by atoms with Crippen molar-refractivity contribution in [1.82, 2.24) is 0 Å². The predicted octanol–water partition coefficient (Wildman–Crippen LogP) is 4.34. The van der Waals surface area contributed by atoms with Crippen LogP contribution < -0.4 is 0 Å². The molecule has 0 aliphatic heterocycles. The summed E-state index contributed by atoms with van der Waals surface area (Å²) in [6.07, 6.45) is 3.64. The molecule has 1 N–H and O–H groups in total. The highest BCUT2D eigenvalue weighted by Gasteiger charge is 2.30. The fourth-order valence-corrected chi connectivity index (χ4v) is 3.93. The van der Waals surface area contributed by atoms with Gasteiger partial charge >= 0.3 is 5.97 Å². The molecule has 4 nitrogen and oxygen atoms in total. The largest absolute Gasteiger partial charge is 0.612 e. The van der Waals surface area contributed by atoms with Gasteiger partial charge in [0.15, 0.2) is 4.90 Å². The molecule has 2 unspecified atom stereocenters. The topological polar surface area (TPSA) is 84.1 Å². The van der Waals surface area contributed by atoms with Gasteiger partial charge in [0.2, 0.25) is 0 Å². The third-order valence-corrected chi connectivity index (χ3v) is 5.80. The number of carboxylic acid groups (broad SMARTS) is 1. The van der Waals surface area contributed by atoms with Gasteiger partial charge in [-0.25, -0.2) is 0 Å². The summed E-state index contributed by atoms with van der Waals surface area (Å²) in [7, 11) is 0. The molecule has 0 aromatic heterocycles. The molecule has 0 radical (unpaired) electrons. The minimum Gasteiger partial charge on any atom is -0.612 e. The second-order valence-electron chi connectivity index (χ2n) is 6.55. The van der Waals surface area contributed by atoms with Crippen LogP contribution in [0.1, 0.15) is 36.1 Å². The SMILES string of the molecule is CC1=C(C(C)C(=O)O)c2cc(C#N)ccc2/C1=C/c1ccc([S+](C)[O-])cc1. The molecule has 1 aliphatic rings. The number of carbonyl (C=O) groups is 1. The van der Waals surface area contributed by atoms with E-state index in [2.05, 4.69) is 6.07 Å². The van der Waals surface area contributed by atoms with Gasteiger partial charge in [0.05, 0.1) is 17.6 Å². The van der Waals surface area contributed by atoms with E-state index >= 15 is 0 Å². The average Bonchev–Trinajstić information content (AvgIpc) is 2.92. The maximum Gasteiger partial charge on any atom is 0.310 e. The van der Waals surface area contributed by atoms with Gasteiger partial charge in [0.1, 0.15) is 6.26 Å². The second kappa shape index (κ2) is 7.43. The summed E-state index contributed by atoms with van der Waals surface area (Å²) in [4.78, 5) is 12.4. The van der Waals surface area contributed by atoms with Gasteiger partial charge in [0, 0.05) is 0 Å². The maximum absolute atomic E-state index is 11.6. The van der Waals surface area contributed by atoms with Crippen LogP contribution in [0.2, 0.25) is 0 Å². The van der Waals surface area contributed by atoms with Crippen molar-refractivity contribution >= 4 is 34.4 Å². The van der Waals surface area contributed by atoms with Crippen LogP contribution >= 0.6 is 0 Å². The lowest BCUT2D eigenvalue weighted by Crippen LogP contribution is -2.11. The number of hydrogen-bond acceptors (Lipinski definition) is 3. The molecule has 0 fully saturated rings. The van der Waals surface area contributed by atoms with Crippen molar-refractivity contribution in [2.24, 2.45) is 5.92 Å². The van der Waals surface area contributed by atoms with Gasteiger partial charge in [-0.05, 0) is 101 Å². The molecule has 0 spiro atoms. The molecule has 136 valence electrons. The lowest BCUT2D eigenvalue weighted by molar-refractivity contribution is -0.139. The van der Waals surface area contributed by atoms with Crippen molar-refractivity contribution in [1.29, 1.82) is 5.26 Å². The van der Waals surface area contributed by atoms with Crippen LogP contribution in [0, 0.1) is 17.2 Å². The summed E-state index contributed by atoms with van der Waals surface area (Å²) in [5.74, 6) is -1.57. The van der Waals surface area contributed by atoms with E-state index in [4.69, 9.17) is 0 Å². The van der Waals surface area contributed by atoms with Crippen LogP contribution in [-0.4, -0.2) is 21.9 Å². The number of benzene rings is 2. The highest BCUT2D eigenvalue weighted by atomic mass is 32.2. The van der Waals surface area contributed by atoms with Crippen molar-refractivity contribution in [3.63, 3.8) is 0 Å². The summed E-state index contributed by atoms with van der Waals surface area (Å²) in [6.45, 7) is 3.58. The smallest absolute Gasteiger partial charge is 0.310 e. The van der Waals surface area contributed by atoms with E-state index in [0.717, 1.165) is 38.3 Å². The molecule has 2 atom stereocenters. The minimum absolute atomic E-state index is 0.507. The average molecular weight is 377 g/mol. The van der Waals surface area contributed by atoms with E-state index in [1.54, 1.807) is 25.3 Å². The first kappa shape index (κ1) is 19.0. The van der Waals surface area contributed by atoms with Gasteiger partial charge in [-0.15, -0.1) is 0 Å². The fraction of sp³-hybridized carbons (Fsp3) is 0.182. The first-order valence-corrected chi connectivity index (χ1v) is 10.0. The van der Waals surface area contributed by atoms with Crippen LogP contribution in [0.5, 0.6) is 0 Å². The van der Waals surface area contributed by atoms with E-state index in [9.17, 15) is 19.7 Å². The standard InChI is InChI=1S/C22H19NO3S/c1-13-19(10-15-4-7-17(8-5-15)27(3)26)18-9-6-16(12-23)11-20(18)21(13)14(2)22(24)25/h4-11,14H,1-3H3,(H,24,25)/b19-10+. The van der Waals surface area contributed by atoms with Crippen molar-refractivity contribution in [2.75, 3.05) is 6.26 Å². The monoisotopic (exact) mass is 377 g/mol. The second-order valence-corrected chi connectivity index (χ2v) is 7.93. The molecule has 3 rings (SSSR count). The predicted molar refractivity (Wildman–Crippen MR) is 107 cm³/mol. The lowest BCUT2D eigenvalue weighted by atomic mass is 9.93. The first-order chi connectivity index (χ1) is 12.8. The zero-order chi connectivity index (χ0) is 19.7. The van der Waals surface area contributed by atoms with Crippen LogP contribution in [0.3, 0.4) is 0 Å². The fourth-order valence-electron chi connectivity index (χ4n) is 3.41. The Morgan fingerprint density at radius 1 is 1.22 bits per heavy atom. The van der Waals surface area contributed by atoms with Crippen molar-refractivity contribution < 1.29 is 14.5 Å². The van der Waals surface area contributed by atoms with Gasteiger partial charge in [0.25, 0.3) is 0 Å². The Morgan fingerprint density at radius 2 is 1.89 bits per heavy atom. The van der Waals surface area contributed by atoms with Gasteiger partial charge < -0.3 is 9.66 Å². The Balaban J connectivity index is 2.16. The Hall–Kier alpha value is -2.81. The molecule has 0 saturated carbocycles. The molecular weight excluding hydrogens is 358 g/mol. The van der Waals surface area contributed by atoms with Crippen LogP contribution in [0.25, 0.3) is 17.2 Å². The molecule has 0 saturated heterocycles. The molecule has 5 heteroatoms. The van der Waals surface area contributed by atoms with E-state index in [1.807, 2.05) is 43.3 Å². The van der Waals surface area contributed by atoms with Gasteiger partial charge in [-0.1, -0.05) is 6.07 Å². The third kappa shape index (κ3) is 3.55. The normalized spacial score (nSPS) is 16.8. The molecule has 1 aliphatic carbocycles. The number of aliphatic carboxylic acids is 1. The van der Waals surface area contributed by atoms with Crippen LogP contribution in [-0.2, 0) is 16.0 Å². The number of hydrogen-bond donors (Lipinski definition) is 1. The highest BCUT2D eigenvalue weighted by Crippen LogP contribution is 2.45. The number of carboxylic acids is 1. The molecule has 0 bridgehead atoms. The third-order valence-electron chi connectivity index (χ3n) is 4.86. The maximum atomic E-state index is 11.6. The zero-order valence-corrected chi connectivity index (χ0v) is 16.1. The minimum atomic E-state index is -1.03.